The van der Waals surface area contributed by atoms with Gasteiger partial charge in [-0.3, -0.25) is 4.79 Å². The molecule has 4 nitrogen and oxygen atoms in total. The van der Waals surface area contributed by atoms with Crippen LogP contribution in [0, 0.1) is 5.92 Å². The van der Waals surface area contributed by atoms with Gasteiger partial charge < -0.3 is 16.2 Å². The van der Waals surface area contributed by atoms with Crippen LogP contribution in [0.2, 0.25) is 0 Å². The van der Waals surface area contributed by atoms with Crippen molar-refractivity contribution < 1.29 is 9.90 Å². The van der Waals surface area contributed by atoms with Gasteiger partial charge in [0.1, 0.15) is 0 Å². The van der Waals surface area contributed by atoms with Gasteiger partial charge in [0.25, 0.3) is 0 Å². The van der Waals surface area contributed by atoms with Crippen LogP contribution in [0.1, 0.15) is 19.8 Å². The highest BCUT2D eigenvalue weighted by atomic mass is 16.3. The van der Waals surface area contributed by atoms with Crippen molar-refractivity contribution in [1.82, 2.24) is 5.32 Å². The zero-order valence-corrected chi connectivity index (χ0v) is 7.55. The van der Waals surface area contributed by atoms with Gasteiger partial charge in [0.15, 0.2) is 0 Å². The molecule has 0 aliphatic heterocycles. The minimum absolute atomic E-state index is 0.0373. The molecule has 0 rings (SSSR count). The third kappa shape index (κ3) is 5.09. The maximum atomic E-state index is 10.7. The number of aliphatic hydroxyl groups excluding tert-OH is 1. The van der Waals surface area contributed by atoms with Crippen molar-refractivity contribution in [2.45, 2.75) is 19.8 Å². The lowest BCUT2D eigenvalue weighted by atomic mass is 10.0. The molecule has 1 amide bonds. The van der Waals surface area contributed by atoms with Crippen LogP contribution in [0.3, 0.4) is 0 Å². The minimum atomic E-state index is -0.133. The summed E-state index contributed by atoms with van der Waals surface area (Å²) in [6, 6.07) is 0. The van der Waals surface area contributed by atoms with E-state index in [4.69, 9.17) is 10.8 Å². The highest BCUT2D eigenvalue weighted by Gasteiger charge is 2.06. The number of hydrogen-bond acceptors (Lipinski definition) is 3. The lowest BCUT2D eigenvalue weighted by Crippen LogP contribution is -2.34. The van der Waals surface area contributed by atoms with Gasteiger partial charge in [-0.05, 0) is 12.3 Å². The zero-order valence-electron chi connectivity index (χ0n) is 7.55. The summed E-state index contributed by atoms with van der Waals surface area (Å²) in [5.41, 5.74) is 5.11. The molecule has 0 aliphatic rings. The van der Waals surface area contributed by atoms with Gasteiger partial charge in [0.05, 0.1) is 6.54 Å². The molecule has 0 aliphatic carbocycles. The lowest BCUT2D eigenvalue weighted by Gasteiger charge is -2.13. The first kappa shape index (κ1) is 11.4. The molecular formula is C8H18N2O2. The topological polar surface area (TPSA) is 75.3 Å². The van der Waals surface area contributed by atoms with Gasteiger partial charge in [0.2, 0.25) is 5.91 Å². The van der Waals surface area contributed by atoms with E-state index in [1.807, 2.05) is 6.92 Å². The van der Waals surface area contributed by atoms with Crippen LogP contribution in [0.15, 0.2) is 0 Å². The molecule has 0 aromatic carbocycles. The molecule has 1 unspecified atom stereocenters. The van der Waals surface area contributed by atoms with Crippen molar-refractivity contribution in [2.75, 3.05) is 19.7 Å². The predicted molar refractivity (Wildman–Crippen MR) is 47.5 cm³/mol. The van der Waals surface area contributed by atoms with Gasteiger partial charge in [-0.1, -0.05) is 13.3 Å². The number of carbonyl (C=O) groups is 1. The van der Waals surface area contributed by atoms with Crippen LogP contribution in [-0.2, 0) is 4.79 Å². The molecule has 0 saturated heterocycles. The van der Waals surface area contributed by atoms with Gasteiger partial charge in [-0.25, -0.2) is 0 Å². The average molecular weight is 174 g/mol. The standard InChI is InChI=1S/C8H18N2O2/c1-2-7(3-4-11)6-10-8(12)5-9/h7,11H,2-6,9H2,1H3,(H,10,12). The molecule has 0 heterocycles. The van der Waals surface area contributed by atoms with E-state index in [0.717, 1.165) is 12.8 Å². The number of amides is 1. The summed E-state index contributed by atoms with van der Waals surface area (Å²) in [4.78, 5) is 10.7. The van der Waals surface area contributed by atoms with Crippen LogP contribution in [0.4, 0.5) is 0 Å². The second-order valence-electron chi connectivity index (χ2n) is 2.79. The molecule has 72 valence electrons. The summed E-state index contributed by atoms with van der Waals surface area (Å²) >= 11 is 0. The maximum absolute atomic E-state index is 10.7. The van der Waals surface area contributed by atoms with Crippen LogP contribution in [0.25, 0.3) is 0 Å². The fourth-order valence-electron chi connectivity index (χ4n) is 0.963. The van der Waals surface area contributed by atoms with Crippen LogP contribution in [-0.4, -0.2) is 30.7 Å². The van der Waals surface area contributed by atoms with Crippen LogP contribution < -0.4 is 11.1 Å². The number of aliphatic hydroxyl groups is 1. The van der Waals surface area contributed by atoms with Crippen molar-refractivity contribution in [1.29, 1.82) is 0 Å². The first-order valence-electron chi connectivity index (χ1n) is 4.32. The summed E-state index contributed by atoms with van der Waals surface area (Å²) in [6.45, 7) is 2.87. The van der Waals surface area contributed by atoms with Crippen molar-refractivity contribution >= 4 is 5.91 Å². The Morgan fingerprint density at radius 2 is 2.33 bits per heavy atom. The third-order valence-electron chi connectivity index (χ3n) is 1.89. The number of nitrogens with two attached hydrogens (primary N) is 1. The van der Waals surface area contributed by atoms with E-state index in [1.165, 1.54) is 0 Å². The second-order valence-corrected chi connectivity index (χ2v) is 2.79. The third-order valence-corrected chi connectivity index (χ3v) is 1.89. The molecule has 4 heteroatoms. The Labute approximate surface area is 73.1 Å². The summed E-state index contributed by atoms with van der Waals surface area (Å²) in [5, 5.41) is 11.3. The Bertz CT molecular complexity index is 128. The minimum Gasteiger partial charge on any atom is -0.396 e. The SMILES string of the molecule is CCC(CCO)CNC(=O)CN. The smallest absolute Gasteiger partial charge is 0.233 e. The van der Waals surface area contributed by atoms with E-state index in [9.17, 15) is 4.79 Å². The summed E-state index contributed by atoms with van der Waals surface area (Å²) in [5.74, 6) is 0.233. The molecule has 0 fully saturated rings. The van der Waals surface area contributed by atoms with Crippen molar-refractivity contribution in [2.24, 2.45) is 11.7 Å². The van der Waals surface area contributed by atoms with Crippen LogP contribution in [0.5, 0.6) is 0 Å². The Hall–Kier alpha value is -0.610. The summed E-state index contributed by atoms with van der Waals surface area (Å²) in [7, 11) is 0. The number of carbonyl (C=O) groups excluding carboxylic acids is 1. The number of nitrogens with one attached hydrogen (secondary N) is 1. The normalized spacial score (nSPS) is 12.6. The van der Waals surface area contributed by atoms with Gasteiger partial charge in [0, 0.05) is 13.2 Å². The summed E-state index contributed by atoms with van der Waals surface area (Å²) in [6.07, 6.45) is 1.70. The van der Waals surface area contributed by atoms with Crippen molar-refractivity contribution in [3.05, 3.63) is 0 Å². The molecule has 0 saturated carbocycles. The lowest BCUT2D eigenvalue weighted by molar-refractivity contribution is -0.119. The predicted octanol–water partition coefficient (Wildman–Crippen LogP) is -0.530. The van der Waals surface area contributed by atoms with E-state index in [2.05, 4.69) is 5.32 Å². The molecule has 0 spiro atoms. The molecule has 4 N–H and O–H groups in total. The fourth-order valence-corrected chi connectivity index (χ4v) is 0.963. The monoisotopic (exact) mass is 174 g/mol. The second kappa shape index (κ2) is 7.06. The van der Waals surface area contributed by atoms with Gasteiger partial charge in [-0.15, -0.1) is 0 Å². The Morgan fingerprint density at radius 3 is 2.75 bits per heavy atom. The zero-order chi connectivity index (χ0) is 9.40. The Kier molecular flexibility index (Phi) is 6.70. The molecule has 0 bridgehead atoms. The first-order valence-corrected chi connectivity index (χ1v) is 4.32. The highest BCUT2D eigenvalue weighted by Crippen LogP contribution is 2.04. The van der Waals surface area contributed by atoms with Crippen molar-refractivity contribution in [3.8, 4) is 0 Å². The van der Waals surface area contributed by atoms with Crippen molar-refractivity contribution in [3.63, 3.8) is 0 Å². The Balaban J connectivity index is 3.50. The molecule has 0 radical (unpaired) electrons. The van der Waals surface area contributed by atoms with E-state index in [-0.39, 0.29) is 19.1 Å². The molecule has 1 atom stereocenters. The van der Waals surface area contributed by atoms with E-state index >= 15 is 0 Å². The number of hydrogen-bond donors (Lipinski definition) is 3. The van der Waals surface area contributed by atoms with Gasteiger partial charge in [-0.2, -0.15) is 0 Å². The summed E-state index contributed by atoms with van der Waals surface area (Å²) < 4.78 is 0. The highest BCUT2D eigenvalue weighted by molar-refractivity contribution is 5.77. The fraction of sp³-hybridized carbons (Fsp3) is 0.875. The molecule has 0 aromatic heterocycles. The van der Waals surface area contributed by atoms with Gasteiger partial charge >= 0.3 is 0 Å². The van der Waals surface area contributed by atoms with E-state index in [0.29, 0.717) is 12.5 Å². The van der Waals surface area contributed by atoms with Crippen LogP contribution >= 0.6 is 0 Å². The average Bonchev–Trinajstić information content (AvgIpc) is 2.11. The first-order chi connectivity index (χ1) is 5.74. The molecule has 12 heavy (non-hydrogen) atoms. The maximum Gasteiger partial charge on any atom is 0.233 e. The Morgan fingerprint density at radius 1 is 1.67 bits per heavy atom. The molecular weight excluding hydrogens is 156 g/mol. The quantitative estimate of drug-likeness (QED) is 0.506. The largest absolute Gasteiger partial charge is 0.396 e. The molecule has 0 aromatic rings. The van der Waals surface area contributed by atoms with E-state index in [1.54, 1.807) is 0 Å². The number of rotatable bonds is 6. The van der Waals surface area contributed by atoms with E-state index < -0.39 is 0 Å².